The van der Waals surface area contributed by atoms with E-state index in [2.05, 4.69) is 36.6 Å². The minimum Gasteiger partial charge on any atom is -0.336 e. The van der Waals surface area contributed by atoms with Gasteiger partial charge in [0.05, 0.1) is 0 Å². The Balaban J connectivity index is 2.76. The topological polar surface area (TPSA) is 41.1 Å². The first-order valence-corrected chi connectivity index (χ1v) is 6.08. The highest BCUT2D eigenvalue weighted by molar-refractivity contribution is 5.90. The molecule has 1 aromatic rings. The Bertz CT molecular complexity index is 397. The molecule has 0 aliphatic carbocycles. The van der Waals surface area contributed by atoms with Crippen LogP contribution in [-0.4, -0.2) is 12.1 Å². The first-order chi connectivity index (χ1) is 7.90. The van der Waals surface area contributed by atoms with Crippen LogP contribution in [0.4, 0.5) is 10.5 Å². The van der Waals surface area contributed by atoms with Gasteiger partial charge in [-0.2, -0.15) is 0 Å². The van der Waals surface area contributed by atoms with E-state index in [4.69, 9.17) is 0 Å². The van der Waals surface area contributed by atoms with Crippen LogP contribution in [0.2, 0.25) is 0 Å². The van der Waals surface area contributed by atoms with Crippen LogP contribution in [0.5, 0.6) is 0 Å². The highest BCUT2D eigenvalue weighted by Gasteiger charge is 2.07. The molecule has 1 aromatic carbocycles. The molecule has 0 aromatic heterocycles. The normalized spacial score (nSPS) is 10.8. The van der Waals surface area contributed by atoms with Gasteiger partial charge in [0.1, 0.15) is 0 Å². The fraction of sp³-hybridized carbons (Fsp3) is 0.500. The Morgan fingerprint density at radius 2 is 1.82 bits per heavy atom. The van der Waals surface area contributed by atoms with Crippen molar-refractivity contribution in [2.24, 2.45) is 0 Å². The van der Waals surface area contributed by atoms with Crippen LogP contribution in [0.15, 0.2) is 18.2 Å². The number of carbonyl (C=O) groups is 1. The van der Waals surface area contributed by atoms with E-state index in [0.717, 1.165) is 11.3 Å². The molecule has 1 rings (SSSR count). The minimum atomic E-state index is -0.152. The van der Waals surface area contributed by atoms with Gasteiger partial charge in [-0.1, -0.05) is 26.0 Å². The standard InChI is InChI=1S/C14H22N2O/c1-9(2)12-6-7-13(11(5)8-12)16-14(17)15-10(3)4/h6-10H,1-5H3,(H2,15,16,17). The number of benzene rings is 1. The molecule has 0 aliphatic rings. The van der Waals surface area contributed by atoms with Gasteiger partial charge in [-0.05, 0) is 43.9 Å². The summed E-state index contributed by atoms with van der Waals surface area (Å²) in [7, 11) is 0. The SMILES string of the molecule is Cc1cc(C(C)C)ccc1NC(=O)NC(C)C. The molecule has 0 fully saturated rings. The summed E-state index contributed by atoms with van der Waals surface area (Å²) >= 11 is 0. The average molecular weight is 234 g/mol. The van der Waals surface area contributed by atoms with Gasteiger partial charge in [0, 0.05) is 11.7 Å². The molecule has 0 saturated carbocycles. The van der Waals surface area contributed by atoms with E-state index >= 15 is 0 Å². The zero-order valence-electron chi connectivity index (χ0n) is 11.3. The number of rotatable bonds is 3. The van der Waals surface area contributed by atoms with Gasteiger partial charge in [-0.15, -0.1) is 0 Å². The second-order valence-electron chi connectivity index (χ2n) is 4.98. The van der Waals surface area contributed by atoms with Crippen molar-refractivity contribution < 1.29 is 4.79 Å². The molecule has 2 N–H and O–H groups in total. The molecule has 3 nitrogen and oxygen atoms in total. The van der Waals surface area contributed by atoms with Crippen molar-refractivity contribution in [2.75, 3.05) is 5.32 Å². The van der Waals surface area contributed by atoms with E-state index in [1.54, 1.807) is 0 Å². The molecule has 0 aliphatic heterocycles. The van der Waals surface area contributed by atoms with Crippen molar-refractivity contribution in [3.05, 3.63) is 29.3 Å². The van der Waals surface area contributed by atoms with Crippen molar-refractivity contribution in [1.82, 2.24) is 5.32 Å². The monoisotopic (exact) mass is 234 g/mol. The average Bonchev–Trinajstić information content (AvgIpc) is 2.19. The molecule has 0 atom stereocenters. The molecule has 2 amide bonds. The fourth-order valence-corrected chi connectivity index (χ4v) is 1.61. The largest absolute Gasteiger partial charge is 0.336 e. The quantitative estimate of drug-likeness (QED) is 0.823. The van der Waals surface area contributed by atoms with Crippen LogP contribution in [-0.2, 0) is 0 Å². The van der Waals surface area contributed by atoms with Gasteiger partial charge >= 0.3 is 6.03 Å². The van der Waals surface area contributed by atoms with Crippen LogP contribution in [0.3, 0.4) is 0 Å². The lowest BCUT2D eigenvalue weighted by Gasteiger charge is -2.14. The van der Waals surface area contributed by atoms with E-state index in [1.165, 1.54) is 5.56 Å². The maximum absolute atomic E-state index is 11.6. The molecule has 3 heteroatoms. The van der Waals surface area contributed by atoms with Gasteiger partial charge in [0.2, 0.25) is 0 Å². The minimum absolute atomic E-state index is 0.144. The number of carbonyl (C=O) groups excluding carboxylic acids is 1. The Hall–Kier alpha value is -1.51. The summed E-state index contributed by atoms with van der Waals surface area (Å²) in [5.74, 6) is 0.507. The molecule has 0 radical (unpaired) electrons. The third-order valence-corrected chi connectivity index (χ3v) is 2.59. The number of amides is 2. The number of anilines is 1. The highest BCUT2D eigenvalue weighted by atomic mass is 16.2. The predicted octanol–water partition coefficient (Wildman–Crippen LogP) is 3.65. The van der Waals surface area contributed by atoms with Crippen molar-refractivity contribution in [3.63, 3.8) is 0 Å². The number of urea groups is 1. The lowest BCUT2D eigenvalue weighted by molar-refractivity contribution is 0.250. The highest BCUT2D eigenvalue weighted by Crippen LogP contribution is 2.21. The smallest absolute Gasteiger partial charge is 0.319 e. The Morgan fingerprint density at radius 3 is 2.29 bits per heavy atom. The number of hydrogen-bond acceptors (Lipinski definition) is 1. The van der Waals surface area contributed by atoms with E-state index in [9.17, 15) is 4.79 Å². The van der Waals surface area contributed by atoms with Gasteiger partial charge in [-0.25, -0.2) is 4.79 Å². The molecule has 17 heavy (non-hydrogen) atoms. The maximum Gasteiger partial charge on any atom is 0.319 e. The molecule has 0 bridgehead atoms. The third-order valence-electron chi connectivity index (χ3n) is 2.59. The van der Waals surface area contributed by atoms with Gasteiger partial charge in [-0.3, -0.25) is 0 Å². The lowest BCUT2D eigenvalue weighted by atomic mass is 10.0. The van der Waals surface area contributed by atoms with Crippen LogP contribution in [0, 0.1) is 6.92 Å². The van der Waals surface area contributed by atoms with Gasteiger partial charge < -0.3 is 10.6 Å². The number of aryl methyl sites for hydroxylation is 1. The Morgan fingerprint density at radius 1 is 1.18 bits per heavy atom. The zero-order chi connectivity index (χ0) is 13.0. The molecule has 94 valence electrons. The second kappa shape index (κ2) is 5.71. The van der Waals surface area contributed by atoms with Crippen LogP contribution in [0.25, 0.3) is 0 Å². The van der Waals surface area contributed by atoms with E-state index in [1.807, 2.05) is 26.8 Å². The number of nitrogens with one attached hydrogen (secondary N) is 2. The van der Waals surface area contributed by atoms with Crippen LogP contribution < -0.4 is 10.6 Å². The van der Waals surface area contributed by atoms with E-state index in [0.29, 0.717) is 5.92 Å². The molecule has 0 unspecified atom stereocenters. The molecule has 0 spiro atoms. The van der Waals surface area contributed by atoms with Crippen LogP contribution in [0.1, 0.15) is 44.7 Å². The van der Waals surface area contributed by atoms with Crippen molar-refractivity contribution in [2.45, 2.75) is 46.6 Å². The summed E-state index contributed by atoms with van der Waals surface area (Å²) < 4.78 is 0. The molecular weight excluding hydrogens is 212 g/mol. The molecule has 0 heterocycles. The maximum atomic E-state index is 11.6. The summed E-state index contributed by atoms with van der Waals surface area (Å²) in [6.07, 6.45) is 0. The lowest BCUT2D eigenvalue weighted by Crippen LogP contribution is -2.34. The third kappa shape index (κ3) is 4.10. The predicted molar refractivity (Wildman–Crippen MR) is 72.6 cm³/mol. The number of hydrogen-bond donors (Lipinski definition) is 2. The molecular formula is C14H22N2O. The van der Waals surface area contributed by atoms with E-state index < -0.39 is 0 Å². The van der Waals surface area contributed by atoms with Gasteiger partial charge in [0.25, 0.3) is 0 Å². The van der Waals surface area contributed by atoms with Gasteiger partial charge in [0.15, 0.2) is 0 Å². The molecule has 0 saturated heterocycles. The summed E-state index contributed by atoms with van der Waals surface area (Å²) in [4.78, 5) is 11.6. The summed E-state index contributed by atoms with van der Waals surface area (Å²) in [6.45, 7) is 10.2. The first-order valence-electron chi connectivity index (χ1n) is 6.08. The first kappa shape index (κ1) is 13.6. The Kier molecular flexibility index (Phi) is 4.55. The second-order valence-corrected chi connectivity index (χ2v) is 4.98. The Labute approximate surface area is 104 Å². The summed E-state index contributed by atoms with van der Waals surface area (Å²) in [5, 5.41) is 5.66. The fourth-order valence-electron chi connectivity index (χ4n) is 1.61. The van der Waals surface area contributed by atoms with Crippen molar-refractivity contribution in [3.8, 4) is 0 Å². The zero-order valence-corrected chi connectivity index (χ0v) is 11.3. The van der Waals surface area contributed by atoms with Crippen molar-refractivity contribution >= 4 is 11.7 Å². The van der Waals surface area contributed by atoms with Crippen molar-refractivity contribution in [1.29, 1.82) is 0 Å². The summed E-state index contributed by atoms with van der Waals surface area (Å²) in [6, 6.07) is 6.13. The van der Waals surface area contributed by atoms with E-state index in [-0.39, 0.29) is 12.1 Å². The van der Waals surface area contributed by atoms with Crippen LogP contribution >= 0.6 is 0 Å². The summed E-state index contributed by atoms with van der Waals surface area (Å²) in [5.41, 5.74) is 3.25.